The molecule has 0 spiro atoms. The van der Waals surface area contributed by atoms with Gasteiger partial charge in [-0.1, -0.05) is 36.4 Å². The predicted molar refractivity (Wildman–Crippen MR) is 93.2 cm³/mol. The van der Waals surface area contributed by atoms with Gasteiger partial charge < -0.3 is 9.73 Å². The summed E-state index contributed by atoms with van der Waals surface area (Å²) in [7, 11) is 0. The first kappa shape index (κ1) is 16.6. The van der Waals surface area contributed by atoms with Crippen LogP contribution in [-0.2, 0) is 4.79 Å². The van der Waals surface area contributed by atoms with Gasteiger partial charge >= 0.3 is 0 Å². The van der Waals surface area contributed by atoms with Gasteiger partial charge in [0.05, 0.1) is 11.3 Å². The molecule has 0 saturated carbocycles. The lowest BCUT2D eigenvalue weighted by Crippen LogP contribution is -2.10. The van der Waals surface area contributed by atoms with Crippen LogP contribution < -0.4 is 5.32 Å². The standard InChI is InChI=1S/C19H16FN3O2/c1-13-22-23-19(25-13)16-6-2-3-7-17(16)21-18(24)8-4-5-14-9-11-15(20)12-10-14/h2-7,9-12H,8H2,1H3,(H,21,24). The Kier molecular flexibility index (Phi) is 4.99. The second-order valence-electron chi connectivity index (χ2n) is 5.38. The van der Waals surface area contributed by atoms with Crippen molar-refractivity contribution in [2.75, 3.05) is 5.32 Å². The molecule has 0 atom stereocenters. The van der Waals surface area contributed by atoms with Crippen molar-refractivity contribution in [3.63, 3.8) is 0 Å². The maximum absolute atomic E-state index is 12.9. The molecule has 0 aliphatic rings. The number of nitrogens with one attached hydrogen (secondary N) is 1. The van der Waals surface area contributed by atoms with E-state index in [9.17, 15) is 9.18 Å². The van der Waals surface area contributed by atoms with Crippen molar-refractivity contribution < 1.29 is 13.6 Å². The van der Waals surface area contributed by atoms with E-state index in [4.69, 9.17) is 4.42 Å². The fourth-order valence-electron chi connectivity index (χ4n) is 2.26. The summed E-state index contributed by atoms with van der Waals surface area (Å²) in [6, 6.07) is 13.3. The van der Waals surface area contributed by atoms with Crippen LogP contribution in [0, 0.1) is 12.7 Å². The second kappa shape index (κ2) is 7.53. The first-order valence-corrected chi connectivity index (χ1v) is 7.73. The van der Waals surface area contributed by atoms with Crippen LogP contribution in [0.5, 0.6) is 0 Å². The summed E-state index contributed by atoms with van der Waals surface area (Å²) in [6.45, 7) is 1.71. The molecule has 25 heavy (non-hydrogen) atoms. The average Bonchev–Trinajstić information content (AvgIpc) is 3.03. The fourth-order valence-corrected chi connectivity index (χ4v) is 2.26. The van der Waals surface area contributed by atoms with Crippen LogP contribution in [0.4, 0.5) is 10.1 Å². The van der Waals surface area contributed by atoms with E-state index in [1.807, 2.05) is 12.1 Å². The molecule has 0 fully saturated rings. The SMILES string of the molecule is Cc1nnc(-c2ccccc2NC(=O)CC=Cc2ccc(F)cc2)o1. The molecule has 5 nitrogen and oxygen atoms in total. The number of rotatable bonds is 5. The first-order valence-electron chi connectivity index (χ1n) is 7.73. The number of aryl methyl sites for hydroxylation is 1. The first-order chi connectivity index (χ1) is 12.1. The molecule has 0 aliphatic carbocycles. The Morgan fingerprint density at radius 2 is 1.92 bits per heavy atom. The van der Waals surface area contributed by atoms with Crippen LogP contribution in [0.25, 0.3) is 17.5 Å². The minimum atomic E-state index is -0.289. The summed E-state index contributed by atoms with van der Waals surface area (Å²) in [5.41, 5.74) is 2.10. The van der Waals surface area contributed by atoms with E-state index >= 15 is 0 Å². The highest BCUT2D eigenvalue weighted by atomic mass is 19.1. The molecule has 0 saturated heterocycles. The Morgan fingerprint density at radius 1 is 1.16 bits per heavy atom. The van der Waals surface area contributed by atoms with E-state index in [-0.39, 0.29) is 18.1 Å². The molecule has 2 aromatic carbocycles. The van der Waals surface area contributed by atoms with Crippen LogP contribution in [0.3, 0.4) is 0 Å². The number of amides is 1. The number of carbonyl (C=O) groups is 1. The summed E-state index contributed by atoms with van der Waals surface area (Å²) < 4.78 is 18.3. The number of aromatic nitrogens is 2. The van der Waals surface area contributed by atoms with Gasteiger partial charge in [-0.25, -0.2) is 4.39 Å². The van der Waals surface area contributed by atoms with Crippen molar-refractivity contribution in [3.8, 4) is 11.5 Å². The van der Waals surface area contributed by atoms with E-state index in [2.05, 4.69) is 15.5 Å². The minimum Gasteiger partial charge on any atom is -0.421 e. The van der Waals surface area contributed by atoms with Crippen molar-refractivity contribution in [1.29, 1.82) is 0 Å². The quantitative estimate of drug-likeness (QED) is 0.756. The molecule has 0 unspecified atom stereocenters. The Morgan fingerprint density at radius 3 is 2.64 bits per heavy atom. The van der Waals surface area contributed by atoms with Gasteiger partial charge in [0.15, 0.2) is 0 Å². The third-order valence-corrected chi connectivity index (χ3v) is 3.44. The molecule has 126 valence electrons. The number of para-hydroxylation sites is 1. The monoisotopic (exact) mass is 337 g/mol. The summed E-state index contributed by atoms with van der Waals surface area (Å²) in [6.07, 6.45) is 3.68. The topological polar surface area (TPSA) is 68.0 Å². The molecule has 6 heteroatoms. The molecule has 0 radical (unpaired) electrons. The van der Waals surface area contributed by atoms with Crippen molar-refractivity contribution in [2.45, 2.75) is 13.3 Å². The van der Waals surface area contributed by atoms with Gasteiger partial charge in [0.1, 0.15) is 5.82 Å². The molecule has 3 aromatic rings. The highest BCUT2D eigenvalue weighted by Crippen LogP contribution is 2.26. The van der Waals surface area contributed by atoms with Gasteiger partial charge in [-0.15, -0.1) is 10.2 Å². The fraction of sp³-hybridized carbons (Fsp3) is 0.105. The number of nitrogens with zero attached hydrogens (tertiary/aromatic N) is 2. The lowest BCUT2D eigenvalue weighted by atomic mass is 10.1. The zero-order chi connectivity index (χ0) is 17.6. The van der Waals surface area contributed by atoms with E-state index in [1.54, 1.807) is 43.3 Å². The maximum atomic E-state index is 12.9. The van der Waals surface area contributed by atoms with E-state index < -0.39 is 0 Å². The maximum Gasteiger partial charge on any atom is 0.249 e. The van der Waals surface area contributed by atoms with Crippen LogP contribution >= 0.6 is 0 Å². The lowest BCUT2D eigenvalue weighted by molar-refractivity contribution is -0.115. The normalized spacial score (nSPS) is 11.0. The van der Waals surface area contributed by atoms with Crippen molar-refractivity contribution in [3.05, 3.63) is 71.9 Å². The molecule has 3 rings (SSSR count). The van der Waals surface area contributed by atoms with E-state index in [0.29, 0.717) is 23.0 Å². The Balaban J connectivity index is 1.66. The number of anilines is 1. The number of halogens is 1. The van der Waals surface area contributed by atoms with Gasteiger partial charge in [0, 0.05) is 13.3 Å². The van der Waals surface area contributed by atoms with Gasteiger partial charge in [0.25, 0.3) is 0 Å². The van der Waals surface area contributed by atoms with Crippen LogP contribution in [0.15, 0.2) is 59.0 Å². The molecule has 1 amide bonds. The van der Waals surface area contributed by atoms with Crippen LogP contribution in [-0.4, -0.2) is 16.1 Å². The average molecular weight is 337 g/mol. The number of hydrogen-bond acceptors (Lipinski definition) is 4. The number of benzene rings is 2. The van der Waals surface area contributed by atoms with E-state index in [1.165, 1.54) is 12.1 Å². The third kappa shape index (κ3) is 4.38. The zero-order valence-corrected chi connectivity index (χ0v) is 13.6. The third-order valence-electron chi connectivity index (χ3n) is 3.44. The van der Waals surface area contributed by atoms with Crippen molar-refractivity contribution >= 4 is 17.7 Å². The Hall–Kier alpha value is -3.28. The number of carbonyl (C=O) groups excluding carboxylic acids is 1. The molecule has 1 N–H and O–H groups in total. The molecule has 0 bridgehead atoms. The molecule has 0 aliphatic heterocycles. The van der Waals surface area contributed by atoms with Crippen LogP contribution in [0.1, 0.15) is 17.9 Å². The lowest BCUT2D eigenvalue weighted by Gasteiger charge is -2.07. The van der Waals surface area contributed by atoms with Gasteiger partial charge in [0.2, 0.25) is 17.7 Å². The largest absolute Gasteiger partial charge is 0.421 e. The molecule has 1 aromatic heterocycles. The van der Waals surface area contributed by atoms with Crippen molar-refractivity contribution in [2.24, 2.45) is 0 Å². The van der Waals surface area contributed by atoms with Crippen LogP contribution in [0.2, 0.25) is 0 Å². The molecular formula is C19H16FN3O2. The highest BCUT2D eigenvalue weighted by Gasteiger charge is 2.12. The zero-order valence-electron chi connectivity index (χ0n) is 13.6. The smallest absolute Gasteiger partial charge is 0.249 e. The summed E-state index contributed by atoms with van der Waals surface area (Å²) >= 11 is 0. The van der Waals surface area contributed by atoms with Crippen molar-refractivity contribution in [1.82, 2.24) is 10.2 Å². The predicted octanol–water partition coefficient (Wildman–Crippen LogP) is 4.23. The Labute approximate surface area is 144 Å². The minimum absolute atomic E-state index is 0.179. The van der Waals surface area contributed by atoms with Gasteiger partial charge in [-0.3, -0.25) is 4.79 Å². The van der Waals surface area contributed by atoms with E-state index in [0.717, 1.165) is 5.56 Å². The summed E-state index contributed by atoms with van der Waals surface area (Å²) in [5, 5.41) is 10.6. The van der Waals surface area contributed by atoms with Gasteiger partial charge in [-0.05, 0) is 29.8 Å². The Bertz CT molecular complexity index is 901. The van der Waals surface area contributed by atoms with Gasteiger partial charge in [-0.2, -0.15) is 0 Å². The molecule has 1 heterocycles. The number of hydrogen-bond donors (Lipinski definition) is 1. The molecular weight excluding hydrogens is 321 g/mol. The summed E-state index contributed by atoms with van der Waals surface area (Å²) in [4.78, 5) is 12.2. The highest BCUT2D eigenvalue weighted by molar-refractivity contribution is 5.95. The second-order valence-corrected chi connectivity index (χ2v) is 5.38. The summed E-state index contributed by atoms with van der Waals surface area (Å²) in [5.74, 6) is 0.346.